The highest BCUT2D eigenvalue weighted by Crippen LogP contribution is 2.19. The Labute approximate surface area is 118 Å². The summed E-state index contributed by atoms with van der Waals surface area (Å²) in [6.45, 7) is 5.41. The van der Waals surface area contributed by atoms with Crippen LogP contribution in [0.1, 0.15) is 28.8 Å². The second-order valence-corrected chi connectivity index (χ2v) is 4.41. The molecule has 1 atom stereocenters. The van der Waals surface area contributed by atoms with Crippen molar-refractivity contribution in [2.75, 3.05) is 7.11 Å². The number of aryl methyl sites for hydroxylation is 1. The fourth-order valence-corrected chi connectivity index (χ4v) is 1.74. The first kappa shape index (κ1) is 15.8. The summed E-state index contributed by atoms with van der Waals surface area (Å²) in [5.74, 6) is -0.894. The molecule has 1 rings (SSSR count). The van der Waals surface area contributed by atoms with Gasteiger partial charge in [-0.15, -0.1) is 6.58 Å². The molecule has 1 aromatic carbocycles. The average molecular weight is 277 g/mol. The molecule has 20 heavy (non-hydrogen) atoms. The minimum absolute atomic E-state index is 0.313. The highest BCUT2D eigenvalue weighted by molar-refractivity contribution is 5.97. The van der Waals surface area contributed by atoms with Crippen molar-refractivity contribution in [2.24, 2.45) is 0 Å². The highest BCUT2D eigenvalue weighted by Gasteiger charge is 2.20. The molecule has 0 radical (unpaired) electrons. The van der Waals surface area contributed by atoms with Gasteiger partial charge in [0.25, 0.3) is 5.91 Å². The minimum atomic E-state index is -1.06. The summed E-state index contributed by atoms with van der Waals surface area (Å²) >= 11 is 0. The summed E-state index contributed by atoms with van der Waals surface area (Å²) in [5.41, 5.74) is 1.28. The normalized spacial score (nSPS) is 11.5. The number of hydrogen-bond donors (Lipinski definition) is 2. The fraction of sp³-hybridized carbons (Fsp3) is 0.333. The quantitative estimate of drug-likeness (QED) is 0.749. The molecule has 0 fully saturated rings. The molecule has 0 heterocycles. The zero-order valence-corrected chi connectivity index (χ0v) is 11.7. The van der Waals surface area contributed by atoms with Crippen LogP contribution in [0.2, 0.25) is 0 Å². The van der Waals surface area contributed by atoms with E-state index in [0.717, 1.165) is 5.56 Å². The molecule has 0 aliphatic carbocycles. The van der Waals surface area contributed by atoms with Crippen molar-refractivity contribution in [1.82, 2.24) is 5.32 Å². The number of nitrogens with one attached hydrogen (secondary N) is 1. The van der Waals surface area contributed by atoms with Crippen molar-refractivity contribution in [3.8, 4) is 5.75 Å². The number of amides is 1. The van der Waals surface area contributed by atoms with E-state index in [2.05, 4.69) is 11.9 Å². The fourth-order valence-electron chi connectivity index (χ4n) is 1.74. The van der Waals surface area contributed by atoms with Gasteiger partial charge in [-0.1, -0.05) is 12.1 Å². The molecule has 5 heteroatoms. The lowest BCUT2D eigenvalue weighted by Crippen LogP contribution is -2.40. The number of aliphatic carboxylic acids is 1. The lowest BCUT2D eigenvalue weighted by Gasteiger charge is -2.14. The number of carboxylic acids is 1. The van der Waals surface area contributed by atoms with Crippen molar-refractivity contribution in [3.05, 3.63) is 42.0 Å². The van der Waals surface area contributed by atoms with Crippen molar-refractivity contribution in [3.63, 3.8) is 0 Å². The van der Waals surface area contributed by atoms with Crippen LogP contribution in [-0.4, -0.2) is 30.1 Å². The predicted molar refractivity (Wildman–Crippen MR) is 76.1 cm³/mol. The molecule has 0 saturated carbocycles. The maximum atomic E-state index is 12.0. The van der Waals surface area contributed by atoms with Crippen molar-refractivity contribution in [1.29, 1.82) is 0 Å². The zero-order chi connectivity index (χ0) is 15.1. The third kappa shape index (κ3) is 4.12. The number of allylic oxidation sites excluding steroid dienone is 1. The van der Waals surface area contributed by atoms with E-state index in [4.69, 9.17) is 9.84 Å². The summed E-state index contributed by atoms with van der Waals surface area (Å²) in [7, 11) is 1.52. The molecule has 0 aromatic heterocycles. The molecule has 108 valence electrons. The van der Waals surface area contributed by atoms with Crippen LogP contribution < -0.4 is 10.1 Å². The van der Waals surface area contributed by atoms with Gasteiger partial charge in [0, 0.05) is 5.56 Å². The van der Waals surface area contributed by atoms with Crippen LogP contribution in [0.4, 0.5) is 0 Å². The molecule has 5 nitrogen and oxygen atoms in total. The number of carbonyl (C=O) groups excluding carboxylic acids is 1. The maximum absolute atomic E-state index is 12.0. The van der Waals surface area contributed by atoms with Gasteiger partial charge in [0.2, 0.25) is 0 Å². The van der Waals surface area contributed by atoms with Crippen LogP contribution in [0.25, 0.3) is 0 Å². The summed E-state index contributed by atoms with van der Waals surface area (Å²) in [5, 5.41) is 11.6. The van der Waals surface area contributed by atoms with Gasteiger partial charge >= 0.3 is 5.97 Å². The van der Waals surface area contributed by atoms with Gasteiger partial charge in [-0.05, 0) is 37.5 Å². The minimum Gasteiger partial charge on any atom is -0.496 e. The Hall–Kier alpha value is -2.30. The molecule has 0 aliphatic heterocycles. The molecular weight excluding hydrogens is 258 g/mol. The average Bonchev–Trinajstić information content (AvgIpc) is 2.43. The Morgan fingerprint density at radius 2 is 2.20 bits per heavy atom. The van der Waals surface area contributed by atoms with Crippen LogP contribution >= 0.6 is 0 Å². The predicted octanol–water partition coefficient (Wildman–Crippen LogP) is 2.15. The summed E-state index contributed by atoms with van der Waals surface area (Å²) < 4.78 is 5.14. The number of carbonyl (C=O) groups is 2. The summed E-state index contributed by atoms with van der Waals surface area (Å²) in [6.07, 6.45) is 2.46. The smallest absolute Gasteiger partial charge is 0.326 e. The summed E-state index contributed by atoms with van der Waals surface area (Å²) in [6, 6.07) is 4.07. The molecule has 2 N–H and O–H groups in total. The van der Waals surface area contributed by atoms with Gasteiger partial charge in [0.05, 0.1) is 7.11 Å². The Balaban J connectivity index is 2.83. The van der Waals surface area contributed by atoms with E-state index < -0.39 is 17.9 Å². The van der Waals surface area contributed by atoms with Gasteiger partial charge in [-0.25, -0.2) is 4.79 Å². The van der Waals surface area contributed by atoms with Crippen LogP contribution in [0.3, 0.4) is 0 Å². The second kappa shape index (κ2) is 7.33. The van der Waals surface area contributed by atoms with E-state index in [1.165, 1.54) is 7.11 Å². The van der Waals surface area contributed by atoms with Gasteiger partial charge < -0.3 is 15.2 Å². The lowest BCUT2D eigenvalue weighted by atomic mass is 10.1. The van der Waals surface area contributed by atoms with Crippen LogP contribution in [0.5, 0.6) is 5.75 Å². The van der Waals surface area contributed by atoms with Gasteiger partial charge in [0.15, 0.2) is 0 Å². The first-order valence-electron chi connectivity index (χ1n) is 6.28. The first-order chi connectivity index (χ1) is 9.49. The molecule has 0 bridgehead atoms. The van der Waals surface area contributed by atoms with Crippen molar-refractivity contribution < 1.29 is 19.4 Å². The van der Waals surface area contributed by atoms with Gasteiger partial charge in [-0.2, -0.15) is 0 Å². The number of ether oxygens (including phenoxy) is 1. The van der Waals surface area contributed by atoms with E-state index in [0.29, 0.717) is 24.2 Å². The lowest BCUT2D eigenvalue weighted by molar-refractivity contribution is -0.139. The van der Waals surface area contributed by atoms with Gasteiger partial charge in [-0.3, -0.25) is 4.79 Å². The Kier molecular flexibility index (Phi) is 5.77. The van der Waals surface area contributed by atoms with E-state index in [1.54, 1.807) is 24.3 Å². The van der Waals surface area contributed by atoms with Gasteiger partial charge in [0.1, 0.15) is 11.8 Å². The Morgan fingerprint density at radius 3 is 2.75 bits per heavy atom. The molecule has 0 aliphatic rings. The summed E-state index contributed by atoms with van der Waals surface area (Å²) in [4.78, 5) is 23.1. The van der Waals surface area contributed by atoms with E-state index in [9.17, 15) is 9.59 Å². The number of methoxy groups -OCH3 is 1. The third-order valence-corrected chi connectivity index (χ3v) is 2.93. The molecular formula is C15H19NO4. The number of rotatable bonds is 7. The molecule has 0 spiro atoms. The zero-order valence-electron chi connectivity index (χ0n) is 11.7. The van der Waals surface area contributed by atoms with E-state index >= 15 is 0 Å². The van der Waals surface area contributed by atoms with Crippen LogP contribution in [0, 0.1) is 6.92 Å². The maximum Gasteiger partial charge on any atom is 0.326 e. The van der Waals surface area contributed by atoms with E-state index in [-0.39, 0.29) is 0 Å². The van der Waals surface area contributed by atoms with Crippen LogP contribution in [0.15, 0.2) is 30.9 Å². The molecule has 1 aromatic rings. The molecule has 1 amide bonds. The first-order valence-corrected chi connectivity index (χ1v) is 6.28. The van der Waals surface area contributed by atoms with E-state index in [1.807, 2.05) is 6.92 Å². The highest BCUT2D eigenvalue weighted by atomic mass is 16.5. The Morgan fingerprint density at radius 1 is 1.50 bits per heavy atom. The SMILES string of the molecule is C=CCCC(NC(=O)c1ccc(C)c(OC)c1)C(=O)O. The number of hydrogen-bond acceptors (Lipinski definition) is 3. The van der Waals surface area contributed by atoms with Crippen molar-refractivity contribution >= 4 is 11.9 Å². The van der Waals surface area contributed by atoms with Crippen molar-refractivity contribution in [2.45, 2.75) is 25.8 Å². The largest absolute Gasteiger partial charge is 0.496 e. The molecule has 1 unspecified atom stereocenters. The number of benzene rings is 1. The second-order valence-electron chi connectivity index (χ2n) is 4.41. The topological polar surface area (TPSA) is 75.6 Å². The monoisotopic (exact) mass is 277 g/mol. The standard InChI is InChI=1S/C15H19NO4/c1-4-5-6-12(15(18)19)16-14(17)11-8-7-10(2)13(9-11)20-3/h4,7-9,12H,1,5-6H2,2-3H3,(H,16,17)(H,18,19). The molecule has 0 saturated heterocycles. The van der Waals surface area contributed by atoms with Crippen LogP contribution in [-0.2, 0) is 4.79 Å². The number of carboxylic acid groups (broad SMARTS) is 1. The third-order valence-electron chi connectivity index (χ3n) is 2.93. The Bertz CT molecular complexity index is 511.